The molecule has 4 rings (SSSR count). The second kappa shape index (κ2) is 9.53. The van der Waals surface area contributed by atoms with Crippen molar-refractivity contribution in [1.82, 2.24) is 4.90 Å². The summed E-state index contributed by atoms with van der Waals surface area (Å²) < 4.78 is 17.0. The van der Waals surface area contributed by atoms with E-state index in [-0.39, 0.29) is 11.9 Å². The van der Waals surface area contributed by atoms with Crippen molar-refractivity contribution in [2.24, 2.45) is 0 Å². The Morgan fingerprint density at radius 3 is 2.41 bits per heavy atom. The molecule has 5 nitrogen and oxygen atoms in total. The number of nitrogens with zero attached hydrogens (tertiary/aromatic N) is 1. The zero-order valence-corrected chi connectivity index (χ0v) is 19.1. The van der Waals surface area contributed by atoms with E-state index in [0.29, 0.717) is 35.2 Å². The zero-order valence-electron chi connectivity index (χ0n) is 18.4. The van der Waals surface area contributed by atoms with Gasteiger partial charge in [-0.05, 0) is 66.4 Å². The molecule has 1 amide bonds. The number of carbonyl (C=O) groups excluding carboxylic acids is 1. The molecule has 0 radical (unpaired) electrons. The molecule has 3 aromatic carbocycles. The summed E-state index contributed by atoms with van der Waals surface area (Å²) in [5.41, 5.74) is 3.05. The molecule has 0 saturated carbocycles. The van der Waals surface area contributed by atoms with Crippen molar-refractivity contribution < 1.29 is 19.0 Å². The zero-order chi connectivity index (χ0) is 22.7. The van der Waals surface area contributed by atoms with Crippen LogP contribution in [0.15, 0.2) is 66.7 Å². The van der Waals surface area contributed by atoms with Crippen LogP contribution in [0.3, 0.4) is 0 Å². The Morgan fingerprint density at radius 2 is 1.72 bits per heavy atom. The van der Waals surface area contributed by atoms with Gasteiger partial charge in [0.05, 0.1) is 20.3 Å². The molecular formula is C26H26ClNO4. The van der Waals surface area contributed by atoms with Gasteiger partial charge in [-0.2, -0.15) is 0 Å². The van der Waals surface area contributed by atoms with E-state index in [9.17, 15) is 4.79 Å². The van der Waals surface area contributed by atoms with Crippen molar-refractivity contribution in [2.75, 3.05) is 20.8 Å². The molecule has 0 unspecified atom stereocenters. The molecular weight excluding hydrogens is 426 g/mol. The Labute approximate surface area is 193 Å². The summed E-state index contributed by atoms with van der Waals surface area (Å²) in [4.78, 5) is 15.4. The van der Waals surface area contributed by atoms with Crippen LogP contribution in [0.5, 0.6) is 17.2 Å². The lowest BCUT2D eigenvalue weighted by Crippen LogP contribution is -2.46. The van der Waals surface area contributed by atoms with E-state index >= 15 is 0 Å². The monoisotopic (exact) mass is 451 g/mol. The smallest absolute Gasteiger partial charge is 0.264 e. The Morgan fingerprint density at radius 1 is 1.00 bits per heavy atom. The number of halogens is 1. The SMILES string of the molecule is COc1cc2c(cc1OC)[C@@H](c1cccc(Cl)c1)N(C(=O)[C@@H](C)Oc1ccccc1)CC2. The Balaban J connectivity index is 1.74. The largest absolute Gasteiger partial charge is 0.493 e. The van der Waals surface area contributed by atoms with E-state index in [4.69, 9.17) is 25.8 Å². The summed E-state index contributed by atoms with van der Waals surface area (Å²) >= 11 is 6.32. The summed E-state index contributed by atoms with van der Waals surface area (Å²) in [5.74, 6) is 1.88. The molecule has 2 atom stereocenters. The Kier molecular flexibility index (Phi) is 6.56. The standard InChI is InChI=1S/C26H26ClNO4/c1-17(32-21-10-5-4-6-11-21)26(29)28-13-12-18-15-23(30-2)24(31-3)16-22(18)25(28)19-8-7-9-20(27)14-19/h4-11,14-17,25H,12-13H2,1-3H3/t17-,25-/m1/s1. The van der Waals surface area contributed by atoms with Crippen molar-refractivity contribution in [2.45, 2.75) is 25.5 Å². The lowest BCUT2D eigenvalue weighted by Gasteiger charge is -2.39. The van der Waals surface area contributed by atoms with Crippen LogP contribution in [0.4, 0.5) is 0 Å². The van der Waals surface area contributed by atoms with Crippen LogP contribution in [-0.2, 0) is 11.2 Å². The van der Waals surface area contributed by atoms with Crippen molar-refractivity contribution >= 4 is 17.5 Å². The molecule has 1 aliphatic heterocycles. The van der Waals surface area contributed by atoms with Gasteiger partial charge in [0.15, 0.2) is 17.6 Å². The maximum absolute atomic E-state index is 13.6. The molecule has 0 N–H and O–H groups in total. The van der Waals surface area contributed by atoms with Gasteiger partial charge in [-0.25, -0.2) is 0 Å². The molecule has 0 spiro atoms. The highest BCUT2D eigenvalue weighted by molar-refractivity contribution is 6.30. The molecule has 166 valence electrons. The Hall–Kier alpha value is -3.18. The molecule has 6 heteroatoms. The molecule has 3 aromatic rings. The second-order valence-electron chi connectivity index (χ2n) is 7.72. The second-order valence-corrected chi connectivity index (χ2v) is 8.15. The minimum Gasteiger partial charge on any atom is -0.493 e. The van der Waals surface area contributed by atoms with Crippen molar-refractivity contribution in [3.63, 3.8) is 0 Å². The van der Waals surface area contributed by atoms with Crippen LogP contribution in [0.25, 0.3) is 0 Å². The van der Waals surface area contributed by atoms with Crippen LogP contribution in [0.2, 0.25) is 5.02 Å². The lowest BCUT2D eigenvalue weighted by atomic mass is 9.87. The molecule has 0 bridgehead atoms. The van der Waals surface area contributed by atoms with E-state index in [1.54, 1.807) is 21.1 Å². The highest BCUT2D eigenvalue weighted by Gasteiger charge is 2.36. The lowest BCUT2D eigenvalue weighted by molar-refractivity contribution is -0.140. The summed E-state index contributed by atoms with van der Waals surface area (Å²) in [6, 6.07) is 20.7. The van der Waals surface area contributed by atoms with Gasteiger partial charge in [0.2, 0.25) is 0 Å². The first-order valence-corrected chi connectivity index (χ1v) is 10.9. The molecule has 0 aromatic heterocycles. The number of hydrogen-bond donors (Lipinski definition) is 0. The first-order valence-electron chi connectivity index (χ1n) is 10.5. The van der Waals surface area contributed by atoms with Crippen LogP contribution in [0, 0.1) is 0 Å². The highest BCUT2D eigenvalue weighted by Crippen LogP contribution is 2.41. The van der Waals surface area contributed by atoms with Crippen LogP contribution < -0.4 is 14.2 Å². The third kappa shape index (κ3) is 4.39. The number of methoxy groups -OCH3 is 2. The summed E-state index contributed by atoms with van der Waals surface area (Å²) in [5, 5.41) is 0.621. The molecule has 1 heterocycles. The van der Waals surface area contributed by atoms with E-state index in [2.05, 4.69) is 0 Å². The van der Waals surface area contributed by atoms with Crippen LogP contribution in [-0.4, -0.2) is 37.7 Å². The number of amides is 1. The fourth-order valence-corrected chi connectivity index (χ4v) is 4.41. The van der Waals surface area contributed by atoms with Gasteiger partial charge < -0.3 is 19.1 Å². The molecule has 0 fully saturated rings. The maximum atomic E-state index is 13.6. The number of para-hydroxylation sites is 1. The van der Waals surface area contributed by atoms with Gasteiger partial charge in [0, 0.05) is 11.6 Å². The van der Waals surface area contributed by atoms with Crippen LogP contribution in [0.1, 0.15) is 29.7 Å². The van der Waals surface area contributed by atoms with E-state index in [0.717, 1.165) is 16.7 Å². The molecule has 32 heavy (non-hydrogen) atoms. The predicted octanol–water partition coefficient (Wildman–Crippen LogP) is 5.30. The third-order valence-corrected chi connectivity index (χ3v) is 5.96. The number of benzene rings is 3. The first-order chi connectivity index (χ1) is 15.5. The van der Waals surface area contributed by atoms with E-state index < -0.39 is 6.10 Å². The fourth-order valence-electron chi connectivity index (χ4n) is 4.21. The number of rotatable bonds is 6. The third-order valence-electron chi connectivity index (χ3n) is 5.73. The quantitative estimate of drug-likeness (QED) is 0.510. The normalized spacial score (nSPS) is 16.1. The highest BCUT2D eigenvalue weighted by atomic mass is 35.5. The van der Waals surface area contributed by atoms with Gasteiger partial charge in [-0.1, -0.05) is 41.9 Å². The molecule has 1 aliphatic rings. The summed E-state index contributed by atoms with van der Waals surface area (Å²) in [6.45, 7) is 2.34. The molecule has 0 saturated heterocycles. The summed E-state index contributed by atoms with van der Waals surface area (Å²) in [7, 11) is 3.24. The van der Waals surface area contributed by atoms with Crippen molar-refractivity contribution in [1.29, 1.82) is 0 Å². The van der Waals surface area contributed by atoms with Gasteiger partial charge in [-0.3, -0.25) is 4.79 Å². The van der Waals surface area contributed by atoms with E-state index in [1.807, 2.05) is 71.6 Å². The maximum Gasteiger partial charge on any atom is 0.264 e. The fraction of sp³-hybridized carbons (Fsp3) is 0.269. The predicted molar refractivity (Wildman–Crippen MR) is 125 cm³/mol. The van der Waals surface area contributed by atoms with Gasteiger partial charge in [0.25, 0.3) is 5.91 Å². The first kappa shape index (κ1) is 22.0. The number of fused-ring (bicyclic) bond motifs is 1. The molecule has 0 aliphatic carbocycles. The van der Waals surface area contributed by atoms with Gasteiger partial charge in [0.1, 0.15) is 5.75 Å². The minimum absolute atomic E-state index is 0.0840. The van der Waals surface area contributed by atoms with Crippen LogP contribution >= 0.6 is 11.6 Å². The number of hydrogen-bond acceptors (Lipinski definition) is 4. The number of ether oxygens (including phenoxy) is 3. The topological polar surface area (TPSA) is 48.0 Å². The minimum atomic E-state index is -0.638. The van der Waals surface area contributed by atoms with Crippen molar-refractivity contribution in [3.8, 4) is 17.2 Å². The van der Waals surface area contributed by atoms with E-state index in [1.165, 1.54) is 0 Å². The average Bonchev–Trinajstić information content (AvgIpc) is 2.82. The number of carbonyl (C=O) groups is 1. The average molecular weight is 452 g/mol. The Bertz CT molecular complexity index is 1100. The van der Waals surface area contributed by atoms with Gasteiger partial charge in [-0.15, -0.1) is 0 Å². The van der Waals surface area contributed by atoms with Gasteiger partial charge >= 0.3 is 0 Å². The van der Waals surface area contributed by atoms with Crippen molar-refractivity contribution in [3.05, 3.63) is 88.4 Å². The summed E-state index contributed by atoms with van der Waals surface area (Å²) in [6.07, 6.45) is 0.0667.